The van der Waals surface area contributed by atoms with Crippen molar-refractivity contribution in [2.24, 2.45) is 0 Å². The second-order valence-electron chi connectivity index (χ2n) is 9.18. The first kappa shape index (κ1) is 27.5. The molecule has 194 valence electrons. The molecule has 0 aliphatic carbocycles. The van der Waals surface area contributed by atoms with Crippen LogP contribution < -0.4 is 10.6 Å². The van der Waals surface area contributed by atoms with Crippen LogP contribution in [-0.2, 0) is 30.2 Å². The molecule has 3 N–H and O–H groups in total. The molecule has 1 fully saturated rings. The molecule has 1 aliphatic heterocycles. The number of nitrogens with one attached hydrogen (secondary N) is 2. The molecular formula is C24H29N3O7S2. The number of nitrogens with zero attached hydrogens (tertiary/aromatic N) is 1. The SMILES string of the molecule is CC(C)(C)OC(=O)[C@@H]1CS[C@H](c2ccccc2)N1C(=O)CNC(=O)Nc1cccc(CS(=O)(=O)O)c1. The van der Waals surface area contributed by atoms with Gasteiger partial charge in [0.2, 0.25) is 5.91 Å². The van der Waals surface area contributed by atoms with Crippen molar-refractivity contribution in [3.63, 3.8) is 0 Å². The fraction of sp³-hybridized carbons (Fsp3) is 0.375. The van der Waals surface area contributed by atoms with Gasteiger partial charge in [0.1, 0.15) is 22.8 Å². The summed E-state index contributed by atoms with van der Waals surface area (Å²) in [6.45, 7) is 4.89. The molecule has 0 saturated carbocycles. The zero-order chi connectivity index (χ0) is 26.5. The summed E-state index contributed by atoms with van der Waals surface area (Å²) < 4.78 is 36.7. The van der Waals surface area contributed by atoms with E-state index in [2.05, 4.69) is 10.6 Å². The molecule has 2 atom stereocenters. The Hall–Kier alpha value is -3.09. The molecule has 0 aromatic heterocycles. The smallest absolute Gasteiger partial charge is 0.330 e. The first-order valence-corrected chi connectivity index (χ1v) is 13.8. The molecule has 0 radical (unpaired) electrons. The van der Waals surface area contributed by atoms with Gasteiger partial charge in [-0.05, 0) is 44.0 Å². The van der Waals surface area contributed by atoms with Crippen molar-refractivity contribution in [3.8, 4) is 0 Å². The third kappa shape index (κ3) is 7.97. The summed E-state index contributed by atoms with van der Waals surface area (Å²) in [7, 11) is -4.22. The number of ether oxygens (including phenoxy) is 1. The van der Waals surface area contributed by atoms with Crippen LogP contribution in [0.15, 0.2) is 54.6 Å². The Morgan fingerprint density at radius 3 is 2.44 bits per heavy atom. The summed E-state index contributed by atoms with van der Waals surface area (Å²) >= 11 is 1.44. The summed E-state index contributed by atoms with van der Waals surface area (Å²) in [5.74, 6) is -1.21. The van der Waals surface area contributed by atoms with E-state index in [4.69, 9.17) is 9.29 Å². The Kier molecular flexibility index (Phi) is 8.64. The van der Waals surface area contributed by atoms with Crippen LogP contribution in [0.4, 0.5) is 10.5 Å². The number of hydrogen-bond acceptors (Lipinski definition) is 7. The minimum absolute atomic E-state index is 0.284. The molecular weight excluding hydrogens is 506 g/mol. The lowest BCUT2D eigenvalue weighted by Gasteiger charge is -2.30. The van der Waals surface area contributed by atoms with Crippen LogP contribution >= 0.6 is 11.8 Å². The summed E-state index contributed by atoms with van der Waals surface area (Å²) in [6, 6.07) is 13.7. The lowest BCUT2D eigenvalue weighted by atomic mass is 10.1. The number of benzene rings is 2. The number of amides is 3. The predicted molar refractivity (Wildman–Crippen MR) is 137 cm³/mol. The number of urea groups is 1. The van der Waals surface area contributed by atoms with Crippen LogP contribution in [-0.4, -0.2) is 59.7 Å². The molecule has 2 aromatic rings. The fourth-order valence-electron chi connectivity index (χ4n) is 3.61. The fourth-order valence-corrected chi connectivity index (χ4v) is 5.65. The predicted octanol–water partition coefficient (Wildman–Crippen LogP) is 3.18. The highest BCUT2D eigenvalue weighted by Gasteiger charge is 2.43. The van der Waals surface area contributed by atoms with Gasteiger partial charge >= 0.3 is 12.0 Å². The Balaban J connectivity index is 1.69. The minimum Gasteiger partial charge on any atom is -0.458 e. The molecule has 1 aliphatic rings. The molecule has 0 bridgehead atoms. The van der Waals surface area contributed by atoms with Crippen molar-refractivity contribution in [3.05, 3.63) is 65.7 Å². The summed E-state index contributed by atoms with van der Waals surface area (Å²) in [4.78, 5) is 40.0. The maximum atomic E-state index is 13.2. The van der Waals surface area contributed by atoms with Crippen LogP contribution in [0.1, 0.15) is 37.3 Å². The number of anilines is 1. The molecule has 10 nitrogen and oxygen atoms in total. The van der Waals surface area contributed by atoms with E-state index < -0.39 is 50.8 Å². The largest absolute Gasteiger partial charge is 0.458 e. The quantitative estimate of drug-likeness (QED) is 0.363. The molecule has 1 heterocycles. The maximum Gasteiger partial charge on any atom is 0.330 e. The van der Waals surface area contributed by atoms with Crippen molar-refractivity contribution in [1.29, 1.82) is 0 Å². The third-order valence-corrected chi connectivity index (χ3v) is 7.01. The zero-order valence-corrected chi connectivity index (χ0v) is 21.8. The molecule has 3 amide bonds. The Morgan fingerprint density at radius 2 is 1.81 bits per heavy atom. The van der Waals surface area contributed by atoms with Crippen molar-refractivity contribution < 1.29 is 32.1 Å². The van der Waals surface area contributed by atoms with Crippen LogP contribution in [0.5, 0.6) is 0 Å². The van der Waals surface area contributed by atoms with E-state index in [1.165, 1.54) is 40.9 Å². The monoisotopic (exact) mass is 535 g/mol. The second-order valence-corrected chi connectivity index (χ2v) is 11.7. The van der Waals surface area contributed by atoms with E-state index in [0.717, 1.165) is 5.56 Å². The van der Waals surface area contributed by atoms with Gasteiger partial charge in [0, 0.05) is 11.4 Å². The van der Waals surface area contributed by atoms with E-state index in [0.29, 0.717) is 5.75 Å². The first-order chi connectivity index (χ1) is 16.8. The summed E-state index contributed by atoms with van der Waals surface area (Å²) in [5, 5.41) is 4.59. The lowest BCUT2D eigenvalue weighted by Crippen LogP contribution is -2.49. The standard InChI is InChI=1S/C24H29N3O7S2/c1-24(2,3)34-22(29)19-14-35-21(17-9-5-4-6-10-17)27(19)20(28)13-25-23(30)26-18-11-7-8-16(12-18)15-36(31,32)33/h4-12,19,21H,13-15H2,1-3H3,(H2,25,26,30)(H,31,32,33)/t19-,21+/m0/s1. The van der Waals surface area contributed by atoms with E-state index in [-0.39, 0.29) is 17.8 Å². The molecule has 2 aromatic carbocycles. The second kappa shape index (κ2) is 11.3. The van der Waals surface area contributed by atoms with Crippen molar-refractivity contribution in [2.75, 3.05) is 17.6 Å². The van der Waals surface area contributed by atoms with Crippen molar-refractivity contribution >= 4 is 45.5 Å². The van der Waals surface area contributed by atoms with Crippen LogP contribution in [0, 0.1) is 0 Å². The van der Waals surface area contributed by atoms with Gasteiger partial charge in [-0.25, -0.2) is 9.59 Å². The van der Waals surface area contributed by atoms with Gasteiger partial charge in [0.05, 0.1) is 6.54 Å². The van der Waals surface area contributed by atoms with E-state index >= 15 is 0 Å². The molecule has 0 spiro atoms. The maximum absolute atomic E-state index is 13.2. The van der Waals surface area contributed by atoms with Gasteiger partial charge in [0.15, 0.2) is 0 Å². The van der Waals surface area contributed by atoms with Crippen LogP contribution in [0.25, 0.3) is 0 Å². The molecule has 12 heteroatoms. The number of esters is 1. The Bertz CT molecular complexity index is 1210. The lowest BCUT2D eigenvalue weighted by molar-refractivity contribution is -0.163. The van der Waals surface area contributed by atoms with Gasteiger partial charge in [0.25, 0.3) is 10.1 Å². The summed E-state index contributed by atoms with van der Waals surface area (Å²) in [6.07, 6.45) is 0. The highest BCUT2D eigenvalue weighted by atomic mass is 32.2. The highest BCUT2D eigenvalue weighted by Crippen LogP contribution is 2.41. The highest BCUT2D eigenvalue weighted by molar-refractivity contribution is 7.99. The van der Waals surface area contributed by atoms with Crippen LogP contribution in [0.3, 0.4) is 0 Å². The van der Waals surface area contributed by atoms with Gasteiger partial charge in [-0.15, -0.1) is 11.8 Å². The molecule has 0 unspecified atom stereocenters. The van der Waals surface area contributed by atoms with E-state index in [1.807, 2.05) is 30.3 Å². The Labute approximate surface area is 214 Å². The number of carbonyl (C=O) groups excluding carboxylic acids is 3. The van der Waals surface area contributed by atoms with Gasteiger partial charge in [-0.2, -0.15) is 8.42 Å². The zero-order valence-electron chi connectivity index (χ0n) is 20.1. The number of thioether (sulfide) groups is 1. The molecule has 3 rings (SSSR count). The minimum atomic E-state index is -4.22. The van der Waals surface area contributed by atoms with E-state index in [1.54, 1.807) is 20.8 Å². The van der Waals surface area contributed by atoms with Crippen molar-refractivity contribution in [1.82, 2.24) is 10.2 Å². The topological polar surface area (TPSA) is 142 Å². The number of hydrogen-bond donors (Lipinski definition) is 3. The average Bonchev–Trinajstić information content (AvgIpc) is 3.21. The average molecular weight is 536 g/mol. The van der Waals surface area contributed by atoms with Gasteiger partial charge in [-0.1, -0.05) is 42.5 Å². The molecule has 1 saturated heterocycles. The number of carbonyl (C=O) groups is 3. The Morgan fingerprint density at radius 1 is 1.11 bits per heavy atom. The van der Waals surface area contributed by atoms with Gasteiger partial charge in [-0.3, -0.25) is 9.35 Å². The summed E-state index contributed by atoms with van der Waals surface area (Å²) in [5.41, 5.74) is 0.698. The number of rotatable bonds is 7. The van der Waals surface area contributed by atoms with E-state index in [9.17, 15) is 22.8 Å². The first-order valence-electron chi connectivity index (χ1n) is 11.1. The van der Waals surface area contributed by atoms with Gasteiger partial charge < -0.3 is 20.3 Å². The normalized spacial score (nSPS) is 17.9. The van der Waals surface area contributed by atoms with Crippen LogP contribution in [0.2, 0.25) is 0 Å². The third-order valence-electron chi connectivity index (χ3n) is 4.99. The molecule has 36 heavy (non-hydrogen) atoms. The van der Waals surface area contributed by atoms with Crippen molar-refractivity contribution in [2.45, 2.75) is 43.5 Å².